The molecule has 0 amide bonds. The lowest BCUT2D eigenvalue weighted by Crippen LogP contribution is -2.54. The summed E-state index contributed by atoms with van der Waals surface area (Å²) in [5.41, 5.74) is -2.29. The highest BCUT2D eigenvalue weighted by Gasteiger charge is 2.75. The summed E-state index contributed by atoms with van der Waals surface area (Å²) in [5.74, 6) is -1.31. The fourth-order valence-corrected chi connectivity index (χ4v) is 4.81. The molecule has 110 valence electrons. The van der Waals surface area contributed by atoms with Gasteiger partial charge in [-0.15, -0.1) is 0 Å². The average Bonchev–Trinajstić information content (AvgIpc) is 2.69. The van der Waals surface area contributed by atoms with Gasteiger partial charge >= 0.3 is 0 Å². The fourth-order valence-electron chi connectivity index (χ4n) is 4.81. The van der Waals surface area contributed by atoms with Crippen LogP contribution >= 0.6 is 0 Å². The molecule has 3 fully saturated rings. The molecule has 1 saturated carbocycles. The fraction of sp³-hybridized carbons (Fsp3) is 1.00. The second-order valence-electron chi connectivity index (χ2n) is 7.72. The van der Waals surface area contributed by atoms with Crippen molar-refractivity contribution in [1.82, 2.24) is 0 Å². The van der Waals surface area contributed by atoms with E-state index in [1.54, 1.807) is 6.92 Å². The molecular formula is C15H26O4. The van der Waals surface area contributed by atoms with E-state index in [9.17, 15) is 15.3 Å². The first-order valence-corrected chi connectivity index (χ1v) is 7.42. The number of ether oxygens (including phenoxy) is 1. The van der Waals surface area contributed by atoms with Gasteiger partial charge in [0.2, 0.25) is 0 Å². The van der Waals surface area contributed by atoms with Gasteiger partial charge in [-0.1, -0.05) is 20.8 Å². The number of hydrogen-bond acceptors (Lipinski definition) is 4. The van der Waals surface area contributed by atoms with Gasteiger partial charge in [-0.2, -0.15) is 0 Å². The molecule has 0 unspecified atom stereocenters. The van der Waals surface area contributed by atoms with Crippen molar-refractivity contribution in [3.05, 3.63) is 0 Å². The van der Waals surface area contributed by atoms with Crippen LogP contribution in [-0.4, -0.2) is 38.4 Å². The molecule has 2 bridgehead atoms. The van der Waals surface area contributed by atoms with E-state index in [4.69, 9.17) is 4.74 Å². The summed E-state index contributed by atoms with van der Waals surface area (Å²) in [6.45, 7) is 7.79. The van der Waals surface area contributed by atoms with Crippen molar-refractivity contribution in [3.63, 3.8) is 0 Å². The predicted octanol–water partition coefficient (Wildman–Crippen LogP) is 1.42. The van der Waals surface area contributed by atoms with Gasteiger partial charge in [0.1, 0.15) is 0 Å². The molecule has 6 atom stereocenters. The smallest absolute Gasteiger partial charge is 0.171 e. The van der Waals surface area contributed by atoms with E-state index in [1.807, 2.05) is 20.8 Å². The van der Waals surface area contributed by atoms with Gasteiger partial charge < -0.3 is 20.1 Å². The van der Waals surface area contributed by atoms with Gasteiger partial charge in [0.25, 0.3) is 0 Å². The zero-order valence-electron chi connectivity index (χ0n) is 12.3. The minimum absolute atomic E-state index is 0.0849. The lowest BCUT2D eigenvalue weighted by atomic mass is 9.67. The van der Waals surface area contributed by atoms with E-state index in [0.717, 1.165) is 6.42 Å². The highest BCUT2D eigenvalue weighted by molar-refractivity contribution is 5.21. The van der Waals surface area contributed by atoms with Crippen molar-refractivity contribution < 1.29 is 20.1 Å². The van der Waals surface area contributed by atoms with Crippen molar-refractivity contribution in [2.45, 2.75) is 76.5 Å². The van der Waals surface area contributed by atoms with Gasteiger partial charge in [0.15, 0.2) is 5.79 Å². The highest BCUT2D eigenvalue weighted by atomic mass is 16.7. The third-order valence-electron chi connectivity index (χ3n) is 6.37. The zero-order valence-corrected chi connectivity index (χ0v) is 12.3. The van der Waals surface area contributed by atoms with Crippen LogP contribution in [0, 0.1) is 17.3 Å². The summed E-state index contributed by atoms with van der Waals surface area (Å²) in [6.07, 6.45) is 1.90. The van der Waals surface area contributed by atoms with Crippen molar-refractivity contribution in [2.75, 3.05) is 0 Å². The monoisotopic (exact) mass is 270 g/mol. The summed E-state index contributed by atoms with van der Waals surface area (Å²) in [5, 5.41) is 32.6. The summed E-state index contributed by atoms with van der Waals surface area (Å²) >= 11 is 0. The van der Waals surface area contributed by atoms with E-state index >= 15 is 0 Å². The van der Waals surface area contributed by atoms with Crippen LogP contribution in [0.15, 0.2) is 0 Å². The van der Waals surface area contributed by atoms with E-state index < -0.39 is 28.5 Å². The summed E-state index contributed by atoms with van der Waals surface area (Å²) in [7, 11) is 0. The Morgan fingerprint density at radius 1 is 1.00 bits per heavy atom. The second-order valence-corrected chi connectivity index (χ2v) is 7.72. The van der Waals surface area contributed by atoms with Crippen molar-refractivity contribution in [3.8, 4) is 0 Å². The Bertz CT molecular complexity index is 407. The highest BCUT2D eigenvalue weighted by Crippen LogP contribution is 2.68. The third kappa shape index (κ3) is 1.44. The Morgan fingerprint density at radius 3 is 2.21 bits per heavy atom. The van der Waals surface area contributed by atoms with Crippen molar-refractivity contribution in [1.29, 1.82) is 0 Å². The Morgan fingerprint density at radius 2 is 1.63 bits per heavy atom. The molecule has 1 aliphatic carbocycles. The molecule has 2 heterocycles. The third-order valence-corrected chi connectivity index (χ3v) is 6.37. The zero-order chi connectivity index (χ0) is 14.3. The Balaban J connectivity index is 2.12. The number of aliphatic hydroxyl groups is 3. The van der Waals surface area contributed by atoms with Crippen LogP contribution in [-0.2, 0) is 4.74 Å². The molecule has 4 heteroatoms. The molecule has 2 aliphatic heterocycles. The van der Waals surface area contributed by atoms with Crippen molar-refractivity contribution >= 4 is 0 Å². The lowest BCUT2D eigenvalue weighted by molar-refractivity contribution is -0.290. The molecule has 4 nitrogen and oxygen atoms in total. The molecule has 19 heavy (non-hydrogen) atoms. The standard InChI is InChI=1S/C15H26O4/c1-9(2)14(17)7-5-12(3)10(14)11-13(4,16)6-8-15(12,18)19-11/h9-11,16-18H,5-8H2,1-4H3/t10-,11-,12-,13+,14-,15-/m0/s1. The van der Waals surface area contributed by atoms with Gasteiger partial charge in [-0.05, 0) is 32.1 Å². The molecule has 0 aromatic heterocycles. The van der Waals surface area contributed by atoms with Gasteiger partial charge in [-0.25, -0.2) is 0 Å². The molecule has 0 spiro atoms. The molecule has 3 N–H and O–H groups in total. The molecule has 3 rings (SSSR count). The Hall–Kier alpha value is -0.160. The Kier molecular flexibility index (Phi) is 2.57. The summed E-state index contributed by atoms with van der Waals surface area (Å²) in [4.78, 5) is 0. The van der Waals surface area contributed by atoms with Crippen LogP contribution in [0.3, 0.4) is 0 Å². The van der Waals surface area contributed by atoms with Gasteiger partial charge in [0.05, 0.1) is 17.3 Å². The van der Waals surface area contributed by atoms with Crippen LogP contribution in [0.5, 0.6) is 0 Å². The van der Waals surface area contributed by atoms with Crippen LogP contribution < -0.4 is 0 Å². The van der Waals surface area contributed by atoms with E-state index in [0.29, 0.717) is 19.3 Å². The van der Waals surface area contributed by atoms with Gasteiger partial charge in [0, 0.05) is 17.8 Å². The average molecular weight is 270 g/mol. The second kappa shape index (κ2) is 3.53. The van der Waals surface area contributed by atoms with Crippen LogP contribution in [0.4, 0.5) is 0 Å². The molecule has 3 aliphatic rings. The first-order chi connectivity index (χ1) is 8.57. The molecule has 0 radical (unpaired) electrons. The SMILES string of the molecule is CC(C)[C@@]1(O)CC[C@@]2(C)[C@@H]1[C@@H]1O[C@@]2(O)CC[C@@]1(C)O. The molecular weight excluding hydrogens is 244 g/mol. The van der Waals surface area contributed by atoms with Crippen LogP contribution in [0.2, 0.25) is 0 Å². The van der Waals surface area contributed by atoms with Crippen LogP contribution in [0.1, 0.15) is 53.4 Å². The van der Waals surface area contributed by atoms with E-state index in [-0.39, 0.29) is 11.8 Å². The maximum Gasteiger partial charge on any atom is 0.171 e. The maximum atomic E-state index is 11.1. The minimum Gasteiger partial charge on any atom is -0.389 e. The number of rotatable bonds is 1. The first kappa shape index (κ1) is 13.8. The number of hydrogen-bond donors (Lipinski definition) is 3. The van der Waals surface area contributed by atoms with E-state index in [1.165, 1.54) is 0 Å². The minimum atomic E-state index is -1.19. The van der Waals surface area contributed by atoms with Crippen molar-refractivity contribution in [2.24, 2.45) is 17.3 Å². The molecule has 0 aromatic carbocycles. The van der Waals surface area contributed by atoms with Crippen LogP contribution in [0.25, 0.3) is 0 Å². The van der Waals surface area contributed by atoms with E-state index in [2.05, 4.69) is 0 Å². The Labute approximate surface area is 114 Å². The lowest BCUT2D eigenvalue weighted by Gasteiger charge is -2.43. The summed E-state index contributed by atoms with van der Waals surface area (Å²) < 4.78 is 5.86. The molecule has 0 aromatic rings. The maximum absolute atomic E-state index is 11.1. The summed E-state index contributed by atoms with van der Waals surface area (Å²) in [6, 6.07) is 0. The normalized spacial score (nSPS) is 60.6. The number of fused-ring (bicyclic) bond motifs is 5. The topological polar surface area (TPSA) is 69.9 Å². The largest absolute Gasteiger partial charge is 0.389 e. The molecule has 2 saturated heterocycles. The first-order valence-electron chi connectivity index (χ1n) is 7.42. The quantitative estimate of drug-likeness (QED) is 0.674. The van der Waals surface area contributed by atoms with Gasteiger partial charge in [-0.3, -0.25) is 0 Å². The predicted molar refractivity (Wildman–Crippen MR) is 70.3 cm³/mol.